The Morgan fingerprint density at radius 2 is 2.15 bits per heavy atom. The molecule has 1 aromatic rings. The van der Waals surface area contributed by atoms with Crippen LogP contribution in [0.3, 0.4) is 0 Å². The second-order valence-corrected chi connectivity index (χ2v) is 8.36. The van der Waals surface area contributed by atoms with Crippen molar-refractivity contribution in [1.29, 1.82) is 0 Å². The van der Waals surface area contributed by atoms with Gasteiger partial charge in [0.25, 0.3) is 0 Å². The summed E-state index contributed by atoms with van der Waals surface area (Å²) in [6.07, 6.45) is 1.22. The third-order valence-electron chi connectivity index (χ3n) is 6.17. The fraction of sp³-hybridized carbons (Fsp3) is 0.700. The fourth-order valence-electron chi connectivity index (χ4n) is 4.64. The summed E-state index contributed by atoms with van der Waals surface area (Å²) < 4.78 is 31.8. The highest BCUT2D eigenvalue weighted by atomic mass is 19.3. The van der Waals surface area contributed by atoms with E-state index in [-0.39, 0.29) is 24.3 Å². The second kappa shape index (κ2) is 7.09. The first kappa shape index (κ1) is 18.7. The first-order valence-corrected chi connectivity index (χ1v) is 9.80. The maximum absolute atomic E-state index is 12.9. The average molecular weight is 379 g/mol. The highest BCUT2D eigenvalue weighted by Crippen LogP contribution is 2.43. The summed E-state index contributed by atoms with van der Waals surface area (Å²) in [4.78, 5) is 18.8. The summed E-state index contributed by atoms with van der Waals surface area (Å²) in [6, 6.07) is 6.07. The van der Waals surface area contributed by atoms with Gasteiger partial charge in [0.15, 0.2) is 0 Å². The number of carbonyl (C=O) groups is 1. The molecule has 4 rings (SSSR count). The van der Waals surface area contributed by atoms with Gasteiger partial charge >= 0.3 is 0 Å². The maximum atomic E-state index is 12.9. The van der Waals surface area contributed by atoms with Crippen LogP contribution >= 0.6 is 0 Å². The van der Waals surface area contributed by atoms with Crippen LogP contribution < -0.4 is 5.32 Å². The number of amides is 1. The van der Waals surface area contributed by atoms with Crippen molar-refractivity contribution in [1.82, 2.24) is 15.2 Å². The highest BCUT2D eigenvalue weighted by Gasteiger charge is 2.52. The molecule has 1 aliphatic carbocycles. The molecule has 5 nitrogen and oxygen atoms in total. The van der Waals surface area contributed by atoms with Crippen LogP contribution in [0.15, 0.2) is 18.2 Å². The van der Waals surface area contributed by atoms with Crippen molar-refractivity contribution in [3.05, 3.63) is 29.6 Å². The van der Waals surface area contributed by atoms with Crippen LogP contribution in [-0.2, 0) is 16.1 Å². The van der Waals surface area contributed by atoms with Gasteiger partial charge in [-0.05, 0) is 37.8 Å². The molecule has 2 aliphatic heterocycles. The van der Waals surface area contributed by atoms with Gasteiger partial charge < -0.3 is 10.1 Å². The van der Waals surface area contributed by atoms with Crippen LogP contribution in [-0.4, -0.2) is 53.6 Å². The van der Waals surface area contributed by atoms with Crippen molar-refractivity contribution >= 4 is 5.91 Å². The van der Waals surface area contributed by atoms with E-state index in [1.54, 1.807) is 0 Å². The lowest BCUT2D eigenvalue weighted by Gasteiger charge is -2.50. The van der Waals surface area contributed by atoms with E-state index in [1.165, 1.54) is 0 Å². The minimum absolute atomic E-state index is 0.113. The van der Waals surface area contributed by atoms with Gasteiger partial charge in [-0.15, -0.1) is 0 Å². The number of nitrogens with one attached hydrogen (secondary N) is 1. The van der Waals surface area contributed by atoms with Crippen molar-refractivity contribution in [3.63, 3.8) is 0 Å². The van der Waals surface area contributed by atoms with E-state index in [2.05, 4.69) is 15.2 Å². The number of pyridine rings is 1. The Morgan fingerprint density at radius 1 is 1.37 bits per heavy atom. The lowest BCUT2D eigenvalue weighted by molar-refractivity contribution is -0.150. The quantitative estimate of drug-likeness (QED) is 0.825. The Balaban J connectivity index is 1.21. The smallest absolute Gasteiger partial charge is 0.249 e. The van der Waals surface area contributed by atoms with Gasteiger partial charge in [0.05, 0.1) is 11.3 Å². The van der Waals surface area contributed by atoms with Crippen LogP contribution in [0.25, 0.3) is 0 Å². The Hall–Kier alpha value is -1.60. The zero-order valence-corrected chi connectivity index (χ0v) is 15.7. The van der Waals surface area contributed by atoms with Gasteiger partial charge in [0.1, 0.15) is 0 Å². The largest absolute Gasteiger partial charge is 0.372 e. The standard InChI is InChI=1S/C20H27F2N3O2/c1-14-3-2-4-17(24-14)11-25-12-19(13-25)16(6-8-27-19)5-7-23-18(26)15-9-20(21,22)10-15/h2-4,15-16H,5-13H2,1H3,(H,23,26)/t16-/m1/s1. The number of alkyl halides is 2. The maximum Gasteiger partial charge on any atom is 0.249 e. The number of carbonyl (C=O) groups excluding carboxylic acids is 1. The van der Waals surface area contributed by atoms with E-state index >= 15 is 0 Å². The SMILES string of the molecule is Cc1cccc(CN2CC3(C2)OCC[C@H]3CCNC(=O)C2CC(F)(F)C2)n1. The average Bonchev–Trinajstić information content (AvgIpc) is 2.96. The lowest BCUT2D eigenvalue weighted by Crippen LogP contribution is -2.64. The predicted molar refractivity (Wildman–Crippen MR) is 96.3 cm³/mol. The molecular formula is C20H27F2N3O2. The van der Waals surface area contributed by atoms with E-state index in [1.807, 2.05) is 25.1 Å². The van der Waals surface area contributed by atoms with Crippen LogP contribution in [0.1, 0.15) is 37.1 Å². The first-order valence-electron chi connectivity index (χ1n) is 9.80. The van der Waals surface area contributed by atoms with Crippen molar-refractivity contribution in [3.8, 4) is 0 Å². The first-order chi connectivity index (χ1) is 12.9. The number of halogens is 2. The molecule has 3 fully saturated rings. The summed E-state index contributed by atoms with van der Waals surface area (Å²) in [5.41, 5.74) is 1.99. The van der Waals surface area contributed by atoms with Gasteiger partial charge in [0, 0.05) is 57.2 Å². The summed E-state index contributed by atoms with van der Waals surface area (Å²) in [5, 5.41) is 2.84. The zero-order valence-electron chi connectivity index (χ0n) is 15.7. The Labute approximate surface area is 158 Å². The molecule has 0 bridgehead atoms. The summed E-state index contributed by atoms with van der Waals surface area (Å²) in [7, 11) is 0. The minimum Gasteiger partial charge on any atom is -0.372 e. The van der Waals surface area contributed by atoms with Crippen molar-refractivity contribution in [2.24, 2.45) is 11.8 Å². The van der Waals surface area contributed by atoms with Crippen LogP contribution in [0, 0.1) is 18.8 Å². The van der Waals surface area contributed by atoms with Crippen molar-refractivity contribution < 1.29 is 18.3 Å². The van der Waals surface area contributed by atoms with Crippen LogP contribution in [0.5, 0.6) is 0 Å². The number of aromatic nitrogens is 1. The molecule has 1 spiro atoms. The number of hydrogen-bond acceptors (Lipinski definition) is 4. The van der Waals surface area contributed by atoms with Gasteiger partial charge in [-0.25, -0.2) is 8.78 Å². The highest BCUT2D eigenvalue weighted by molar-refractivity contribution is 5.79. The molecule has 2 saturated heterocycles. The fourth-order valence-corrected chi connectivity index (χ4v) is 4.64. The molecule has 7 heteroatoms. The zero-order chi connectivity index (χ0) is 19.1. The number of ether oxygens (including phenoxy) is 1. The number of rotatable bonds is 6. The van der Waals surface area contributed by atoms with E-state index in [9.17, 15) is 13.6 Å². The number of hydrogen-bond donors (Lipinski definition) is 1. The lowest BCUT2D eigenvalue weighted by atomic mass is 9.78. The molecule has 1 atom stereocenters. The molecule has 1 aromatic heterocycles. The van der Waals surface area contributed by atoms with E-state index < -0.39 is 11.8 Å². The molecule has 1 amide bonds. The number of likely N-dealkylation sites (tertiary alicyclic amines) is 1. The summed E-state index contributed by atoms with van der Waals surface area (Å²) in [5.74, 6) is -2.99. The van der Waals surface area contributed by atoms with Gasteiger partial charge in [-0.2, -0.15) is 0 Å². The third-order valence-corrected chi connectivity index (χ3v) is 6.17. The molecular weight excluding hydrogens is 352 g/mol. The Morgan fingerprint density at radius 3 is 2.85 bits per heavy atom. The number of aryl methyl sites for hydroxylation is 1. The van der Waals surface area contributed by atoms with E-state index in [0.29, 0.717) is 12.5 Å². The van der Waals surface area contributed by atoms with Gasteiger partial charge in [-0.1, -0.05) is 6.07 Å². The summed E-state index contributed by atoms with van der Waals surface area (Å²) >= 11 is 0. The molecule has 1 N–H and O–H groups in total. The number of nitrogens with zero attached hydrogens (tertiary/aromatic N) is 2. The second-order valence-electron chi connectivity index (χ2n) is 8.36. The molecule has 0 unspecified atom stereocenters. The molecule has 0 radical (unpaired) electrons. The van der Waals surface area contributed by atoms with Gasteiger partial charge in [0.2, 0.25) is 11.8 Å². The van der Waals surface area contributed by atoms with E-state index in [4.69, 9.17) is 4.74 Å². The monoisotopic (exact) mass is 379 g/mol. The molecule has 27 heavy (non-hydrogen) atoms. The predicted octanol–water partition coefficient (Wildman–Crippen LogP) is 2.53. The van der Waals surface area contributed by atoms with Crippen LogP contribution in [0.4, 0.5) is 8.78 Å². The third kappa shape index (κ3) is 3.99. The topological polar surface area (TPSA) is 54.5 Å². The Kier molecular flexibility index (Phi) is 4.93. The van der Waals surface area contributed by atoms with Gasteiger partial charge in [-0.3, -0.25) is 14.7 Å². The molecule has 3 heterocycles. The van der Waals surface area contributed by atoms with Crippen molar-refractivity contribution in [2.45, 2.75) is 50.7 Å². The Bertz CT molecular complexity index is 698. The normalized spacial score (nSPS) is 26.6. The van der Waals surface area contributed by atoms with Crippen LogP contribution in [0.2, 0.25) is 0 Å². The minimum atomic E-state index is -2.65. The summed E-state index contributed by atoms with van der Waals surface area (Å²) in [6.45, 7) is 5.88. The molecule has 148 valence electrons. The van der Waals surface area contributed by atoms with E-state index in [0.717, 1.165) is 50.5 Å². The van der Waals surface area contributed by atoms with Crippen molar-refractivity contribution in [2.75, 3.05) is 26.2 Å². The molecule has 3 aliphatic rings. The molecule has 0 aromatic carbocycles. The molecule has 1 saturated carbocycles.